The van der Waals surface area contributed by atoms with Crippen LogP contribution in [0, 0.1) is 6.92 Å². The molecular weight excluding hydrogens is 216 g/mol. The van der Waals surface area contributed by atoms with E-state index in [2.05, 4.69) is 0 Å². The van der Waals surface area contributed by atoms with E-state index in [9.17, 15) is 9.59 Å². The average Bonchev–Trinajstić information content (AvgIpc) is 2.36. The summed E-state index contributed by atoms with van der Waals surface area (Å²) in [6, 6.07) is 0. The molecule has 4 heteroatoms. The lowest BCUT2D eigenvalue weighted by molar-refractivity contribution is 0.432. The van der Waals surface area contributed by atoms with E-state index in [0.29, 0.717) is 5.92 Å². The molecule has 2 rings (SSSR count). The van der Waals surface area contributed by atoms with E-state index in [1.165, 1.54) is 23.8 Å². The maximum absolute atomic E-state index is 12.2. The minimum absolute atomic E-state index is 0.0995. The van der Waals surface area contributed by atoms with Gasteiger partial charge < -0.3 is 4.57 Å². The van der Waals surface area contributed by atoms with Gasteiger partial charge in [-0.3, -0.25) is 9.36 Å². The van der Waals surface area contributed by atoms with Gasteiger partial charge in [-0.1, -0.05) is 19.3 Å². The van der Waals surface area contributed by atoms with Gasteiger partial charge in [-0.15, -0.1) is 0 Å². The van der Waals surface area contributed by atoms with Gasteiger partial charge >= 0.3 is 5.69 Å². The Morgan fingerprint density at radius 3 is 2.18 bits per heavy atom. The molecule has 4 nitrogen and oxygen atoms in total. The van der Waals surface area contributed by atoms with Crippen molar-refractivity contribution in [3.63, 3.8) is 0 Å². The Balaban J connectivity index is 2.61. The number of rotatable bonds is 1. The summed E-state index contributed by atoms with van der Waals surface area (Å²) in [5, 5.41) is 0. The Kier molecular flexibility index (Phi) is 3.22. The molecule has 0 aromatic carbocycles. The Bertz CT molecular complexity index is 534. The molecule has 94 valence electrons. The fraction of sp³-hybridized carbons (Fsp3) is 0.692. The first-order chi connectivity index (χ1) is 8.04. The summed E-state index contributed by atoms with van der Waals surface area (Å²) < 4.78 is 2.82. The molecule has 1 aliphatic carbocycles. The zero-order chi connectivity index (χ0) is 12.6. The largest absolute Gasteiger partial charge is 0.330 e. The summed E-state index contributed by atoms with van der Waals surface area (Å²) in [4.78, 5) is 24.0. The number of hydrogen-bond acceptors (Lipinski definition) is 2. The third-order valence-corrected chi connectivity index (χ3v) is 4.02. The molecule has 0 N–H and O–H groups in total. The molecule has 0 saturated heterocycles. The zero-order valence-corrected chi connectivity index (χ0v) is 10.8. The molecule has 0 aliphatic heterocycles. The summed E-state index contributed by atoms with van der Waals surface area (Å²) in [6.07, 6.45) is 5.80. The fourth-order valence-electron chi connectivity index (χ4n) is 2.83. The van der Waals surface area contributed by atoms with Gasteiger partial charge in [0, 0.05) is 25.4 Å². The van der Waals surface area contributed by atoms with Crippen molar-refractivity contribution in [3.05, 3.63) is 32.1 Å². The zero-order valence-electron chi connectivity index (χ0n) is 10.8. The molecule has 0 bridgehead atoms. The molecule has 1 aromatic heterocycles. The van der Waals surface area contributed by atoms with Crippen molar-refractivity contribution in [3.8, 4) is 0 Å². The van der Waals surface area contributed by atoms with Gasteiger partial charge in [-0.2, -0.15) is 0 Å². The van der Waals surface area contributed by atoms with E-state index in [1.807, 2.05) is 6.92 Å². The maximum Gasteiger partial charge on any atom is 0.330 e. The van der Waals surface area contributed by atoms with E-state index in [4.69, 9.17) is 0 Å². The monoisotopic (exact) mass is 236 g/mol. The van der Waals surface area contributed by atoms with Crippen LogP contribution in [0.4, 0.5) is 0 Å². The molecule has 1 saturated carbocycles. The summed E-state index contributed by atoms with van der Waals surface area (Å²) in [5.41, 5.74) is 1.36. The van der Waals surface area contributed by atoms with Crippen LogP contribution in [0.5, 0.6) is 0 Å². The first kappa shape index (κ1) is 12.1. The summed E-state index contributed by atoms with van der Waals surface area (Å²) >= 11 is 0. The predicted octanol–water partition coefficient (Wildman–Crippen LogP) is 1.44. The molecule has 0 atom stereocenters. The van der Waals surface area contributed by atoms with Crippen molar-refractivity contribution in [1.29, 1.82) is 0 Å². The van der Waals surface area contributed by atoms with Crippen molar-refractivity contribution in [1.82, 2.24) is 9.13 Å². The number of nitrogens with zero attached hydrogens (tertiary/aromatic N) is 2. The van der Waals surface area contributed by atoms with Crippen LogP contribution >= 0.6 is 0 Å². The Labute approximate surface area is 101 Å². The Hall–Kier alpha value is -1.32. The molecule has 1 heterocycles. The van der Waals surface area contributed by atoms with Crippen LogP contribution in [-0.4, -0.2) is 9.13 Å². The van der Waals surface area contributed by atoms with Crippen LogP contribution in [0.25, 0.3) is 0 Å². The second kappa shape index (κ2) is 4.51. The highest BCUT2D eigenvalue weighted by molar-refractivity contribution is 5.22. The average molecular weight is 236 g/mol. The predicted molar refractivity (Wildman–Crippen MR) is 67.5 cm³/mol. The molecule has 0 unspecified atom stereocenters. The van der Waals surface area contributed by atoms with Gasteiger partial charge in [0.1, 0.15) is 0 Å². The third-order valence-electron chi connectivity index (χ3n) is 4.02. The quantitative estimate of drug-likeness (QED) is 0.740. The highest BCUT2D eigenvalue weighted by atomic mass is 16.2. The standard InChI is InChI=1S/C13H20N2O2/c1-9-11(10-7-5-4-6-8-10)12(16)15(3)13(17)14(9)2/h10H,4-8H2,1-3H3. The minimum Gasteiger partial charge on any atom is -0.301 e. The Morgan fingerprint density at radius 1 is 1.00 bits per heavy atom. The van der Waals surface area contributed by atoms with E-state index in [0.717, 1.165) is 24.1 Å². The van der Waals surface area contributed by atoms with E-state index in [1.54, 1.807) is 18.7 Å². The number of aromatic nitrogens is 2. The molecule has 1 aromatic rings. The van der Waals surface area contributed by atoms with Crippen molar-refractivity contribution < 1.29 is 0 Å². The van der Waals surface area contributed by atoms with Crippen LogP contribution < -0.4 is 11.2 Å². The van der Waals surface area contributed by atoms with Gasteiger partial charge in [0.25, 0.3) is 5.56 Å². The van der Waals surface area contributed by atoms with Gasteiger partial charge in [0.2, 0.25) is 0 Å². The first-order valence-corrected chi connectivity index (χ1v) is 6.30. The van der Waals surface area contributed by atoms with Crippen LogP contribution in [0.1, 0.15) is 49.3 Å². The summed E-state index contributed by atoms with van der Waals surface area (Å²) in [5.74, 6) is 0.342. The third kappa shape index (κ3) is 1.96. The van der Waals surface area contributed by atoms with Gasteiger partial charge in [0.05, 0.1) is 0 Å². The summed E-state index contributed by atoms with van der Waals surface area (Å²) in [6.45, 7) is 1.88. The van der Waals surface area contributed by atoms with Gasteiger partial charge in [-0.05, 0) is 25.7 Å². The fourth-order valence-corrected chi connectivity index (χ4v) is 2.83. The number of hydrogen-bond donors (Lipinski definition) is 0. The lowest BCUT2D eigenvalue weighted by Gasteiger charge is -2.24. The van der Waals surface area contributed by atoms with Crippen LogP contribution in [0.15, 0.2) is 9.59 Å². The van der Waals surface area contributed by atoms with Crippen molar-refractivity contribution in [2.75, 3.05) is 0 Å². The topological polar surface area (TPSA) is 44.0 Å². The smallest absolute Gasteiger partial charge is 0.301 e. The van der Waals surface area contributed by atoms with Crippen molar-refractivity contribution in [2.24, 2.45) is 14.1 Å². The molecule has 0 amide bonds. The van der Waals surface area contributed by atoms with E-state index >= 15 is 0 Å². The second-order valence-corrected chi connectivity index (χ2v) is 5.04. The van der Waals surface area contributed by atoms with Crippen LogP contribution in [0.2, 0.25) is 0 Å². The second-order valence-electron chi connectivity index (χ2n) is 5.04. The molecule has 1 aliphatic rings. The lowest BCUT2D eigenvalue weighted by atomic mass is 9.84. The molecule has 1 fully saturated rings. The van der Waals surface area contributed by atoms with Crippen molar-refractivity contribution in [2.45, 2.75) is 44.9 Å². The lowest BCUT2D eigenvalue weighted by Crippen LogP contribution is -2.41. The highest BCUT2D eigenvalue weighted by Gasteiger charge is 2.23. The van der Waals surface area contributed by atoms with Crippen molar-refractivity contribution >= 4 is 0 Å². The molecule has 17 heavy (non-hydrogen) atoms. The van der Waals surface area contributed by atoms with Gasteiger partial charge in [0.15, 0.2) is 0 Å². The van der Waals surface area contributed by atoms with Gasteiger partial charge in [-0.25, -0.2) is 4.79 Å². The Morgan fingerprint density at radius 2 is 1.59 bits per heavy atom. The van der Waals surface area contributed by atoms with E-state index in [-0.39, 0.29) is 11.2 Å². The molecular formula is C13H20N2O2. The minimum atomic E-state index is -0.230. The normalized spacial score (nSPS) is 17.4. The van der Waals surface area contributed by atoms with Crippen LogP contribution in [-0.2, 0) is 14.1 Å². The first-order valence-electron chi connectivity index (χ1n) is 6.30. The maximum atomic E-state index is 12.2. The van der Waals surface area contributed by atoms with Crippen LogP contribution in [0.3, 0.4) is 0 Å². The molecule has 0 radical (unpaired) electrons. The SMILES string of the molecule is Cc1c(C2CCCCC2)c(=O)n(C)c(=O)n1C. The van der Waals surface area contributed by atoms with E-state index < -0.39 is 0 Å². The highest BCUT2D eigenvalue weighted by Crippen LogP contribution is 2.31. The summed E-state index contributed by atoms with van der Waals surface area (Å²) in [7, 11) is 3.31. The molecule has 0 spiro atoms.